The lowest BCUT2D eigenvalue weighted by molar-refractivity contribution is -0.123. The summed E-state index contributed by atoms with van der Waals surface area (Å²) >= 11 is 6.30. The zero-order valence-corrected chi connectivity index (χ0v) is 19.3. The number of ether oxygens (including phenoxy) is 1. The van der Waals surface area contributed by atoms with Gasteiger partial charge in [-0.05, 0) is 68.3 Å². The van der Waals surface area contributed by atoms with Crippen LogP contribution in [0, 0.1) is 20.8 Å². The van der Waals surface area contributed by atoms with Gasteiger partial charge in [-0.2, -0.15) is 0 Å². The van der Waals surface area contributed by atoms with E-state index >= 15 is 0 Å². The SMILES string of the molecule is COC(=O)c1ccc(CN2C(=O)NC(=Cc3cc(C)n(-c4cccc(Cl)c4C)c3C)C2=O)o1. The number of nitrogens with zero attached hydrogens (tertiary/aromatic N) is 2. The third-order valence-electron chi connectivity index (χ3n) is 5.57. The van der Waals surface area contributed by atoms with Gasteiger partial charge >= 0.3 is 12.0 Å². The molecule has 3 heterocycles. The van der Waals surface area contributed by atoms with Gasteiger partial charge in [-0.15, -0.1) is 0 Å². The highest BCUT2D eigenvalue weighted by atomic mass is 35.5. The molecule has 0 saturated carbocycles. The molecule has 3 amide bonds. The number of hydrogen-bond acceptors (Lipinski definition) is 5. The van der Waals surface area contributed by atoms with Crippen LogP contribution in [0.25, 0.3) is 11.8 Å². The Morgan fingerprint density at radius 3 is 2.67 bits per heavy atom. The number of nitrogens with one attached hydrogen (secondary N) is 1. The molecule has 1 N–H and O–H groups in total. The molecule has 3 aromatic rings. The number of imide groups is 1. The molecule has 8 nitrogen and oxygen atoms in total. The standard InChI is InChI=1S/C24H22ClN3O5/c1-13-10-16(15(3)28(13)20-7-5-6-18(25)14(20)2)11-19-22(29)27(24(31)26-19)12-17-8-9-21(33-17)23(30)32-4/h5-11H,12H2,1-4H3,(H,26,31). The first kappa shape index (κ1) is 22.4. The van der Waals surface area contributed by atoms with Gasteiger partial charge in [-0.25, -0.2) is 9.59 Å². The predicted octanol–water partition coefficient (Wildman–Crippen LogP) is 4.53. The largest absolute Gasteiger partial charge is 0.463 e. The quantitative estimate of drug-likeness (QED) is 0.338. The van der Waals surface area contributed by atoms with Crippen molar-refractivity contribution < 1.29 is 23.5 Å². The number of furan rings is 1. The van der Waals surface area contributed by atoms with Gasteiger partial charge in [-0.3, -0.25) is 9.69 Å². The van der Waals surface area contributed by atoms with Crippen molar-refractivity contribution in [2.24, 2.45) is 0 Å². The van der Waals surface area contributed by atoms with E-state index in [4.69, 9.17) is 16.0 Å². The Kier molecular flexibility index (Phi) is 5.86. The molecule has 0 atom stereocenters. The summed E-state index contributed by atoms with van der Waals surface area (Å²) in [6, 6.07) is 10.0. The van der Waals surface area contributed by atoms with Crippen LogP contribution in [0.3, 0.4) is 0 Å². The van der Waals surface area contributed by atoms with Gasteiger partial charge in [0.25, 0.3) is 5.91 Å². The van der Waals surface area contributed by atoms with Crippen LogP contribution < -0.4 is 5.32 Å². The number of esters is 1. The van der Waals surface area contributed by atoms with E-state index in [9.17, 15) is 14.4 Å². The third-order valence-corrected chi connectivity index (χ3v) is 5.98. The fourth-order valence-corrected chi connectivity index (χ4v) is 4.01. The van der Waals surface area contributed by atoms with Gasteiger partial charge in [0.2, 0.25) is 5.76 Å². The number of benzene rings is 1. The van der Waals surface area contributed by atoms with E-state index in [1.54, 1.807) is 6.08 Å². The van der Waals surface area contributed by atoms with Crippen molar-refractivity contribution in [2.75, 3.05) is 7.11 Å². The van der Waals surface area contributed by atoms with Crippen molar-refractivity contribution in [3.63, 3.8) is 0 Å². The summed E-state index contributed by atoms with van der Waals surface area (Å²) < 4.78 is 12.0. The molecule has 0 aliphatic carbocycles. The number of aryl methyl sites for hydroxylation is 1. The van der Waals surface area contributed by atoms with E-state index in [-0.39, 0.29) is 23.8 Å². The Balaban J connectivity index is 1.61. The zero-order valence-electron chi connectivity index (χ0n) is 18.6. The minimum Gasteiger partial charge on any atom is -0.463 e. The van der Waals surface area contributed by atoms with E-state index in [1.165, 1.54) is 19.2 Å². The molecule has 1 saturated heterocycles. The number of amides is 3. The second kappa shape index (κ2) is 8.63. The van der Waals surface area contributed by atoms with Crippen LogP contribution in [-0.2, 0) is 16.1 Å². The van der Waals surface area contributed by atoms with Gasteiger partial charge in [0.15, 0.2) is 0 Å². The normalized spacial score (nSPS) is 14.8. The maximum absolute atomic E-state index is 12.9. The molecular formula is C24H22ClN3O5. The predicted molar refractivity (Wildman–Crippen MR) is 122 cm³/mol. The summed E-state index contributed by atoms with van der Waals surface area (Å²) in [5, 5.41) is 3.28. The molecule has 0 spiro atoms. The van der Waals surface area contributed by atoms with Crippen LogP contribution in [0.15, 0.2) is 46.5 Å². The van der Waals surface area contributed by atoms with Crippen molar-refractivity contribution >= 4 is 35.6 Å². The Morgan fingerprint density at radius 1 is 1.18 bits per heavy atom. The lowest BCUT2D eigenvalue weighted by atomic mass is 10.2. The molecule has 1 fully saturated rings. The van der Waals surface area contributed by atoms with Crippen LogP contribution >= 0.6 is 11.6 Å². The van der Waals surface area contributed by atoms with Gasteiger partial charge in [0.1, 0.15) is 11.5 Å². The number of urea groups is 1. The second-order valence-electron chi connectivity index (χ2n) is 7.68. The fraction of sp³-hybridized carbons (Fsp3) is 0.208. The highest BCUT2D eigenvalue weighted by molar-refractivity contribution is 6.31. The number of halogens is 1. The van der Waals surface area contributed by atoms with E-state index in [0.717, 1.165) is 33.1 Å². The summed E-state index contributed by atoms with van der Waals surface area (Å²) in [5.74, 6) is -0.835. The van der Waals surface area contributed by atoms with Crippen molar-refractivity contribution in [3.05, 3.63) is 81.2 Å². The minimum atomic E-state index is -0.635. The average molecular weight is 468 g/mol. The molecule has 33 heavy (non-hydrogen) atoms. The van der Waals surface area contributed by atoms with E-state index in [1.807, 2.05) is 45.0 Å². The molecule has 2 aromatic heterocycles. The summed E-state index contributed by atoms with van der Waals surface area (Å²) in [6.45, 7) is 5.75. The molecule has 0 unspecified atom stereocenters. The molecule has 170 valence electrons. The maximum Gasteiger partial charge on any atom is 0.373 e. The number of hydrogen-bond donors (Lipinski definition) is 1. The van der Waals surface area contributed by atoms with Crippen LogP contribution in [0.4, 0.5) is 4.79 Å². The number of carbonyl (C=O) groups excluding carboxylic acids is 3. The Hall–Kier alpha value is -3.78. The molecular weight excluding hydrogens is 446 g/mol. The number of aromatic nitrogens is 1. The summed E-state index contributed by atoms with van der Waals surface area (Å²) in [4.78, 5) is 37.9. The zero-order chi connectivity index (χ0) is 23.9. The Labute approximate surface area is 195 Å². The van der Waals surface area contributed by atoms with E-state index < -0.39 is 17.9 Å². The topological polar surface area (TPSA) is 93.8 Å². The van der Waals surface area contributed by atoms with Crippen molar-refractivity contribution in [2.45, 2.75) is 27.3 Å². The van der Waals surface area contributed by atoms with Crippen molar-refractivity contribution in [3.8, 4) is 5.69 Å². The highest BCUT2D eigenvalue weighted by Crippen LogP contribution is 2.28. The molecule has 1 aliphatic rings. The first-order valence-electron chi connectivity index (χ1n) is 10.2. The monoisotopic (exact) mass is 467 g/mol. The lowest BCUT2D eigenvalue weighted by Crippen LogP contribution is -2.30. The fourth-order valence-electron chi connectivity index (χ4n) is 3.84. The van der Waals surface area contributed by atoms with Crippen LogP contribution in [0.5, 0.6) is 0 Å². The highest BCUT2D eigenvalue weighted by Gasteiger charge is 2.34. The molecule has 9 heteroatoms. The smallest absolute Gasteiger partial charge is 0.373 e. The number of rotatable bonds is 5. The summed E-state index contributed by atoms with van der Waals surface area (Å²) in [6.07, 6.45) is 1.65. The van der Waals surface area contributed by atoms with E-state index in [0.29, 0.717) is 5.02 Å². The molecule has 1 aromatic carbocycles. The van der Waals surface area contributed by atoms with Gasteiger partial charge in [0.05, 0.1) is 13.7 Å². The van der Waals surface area contributed by atoms with Gasteiger partial charge < -0.3 is 19.0 Å². The molecule has 0 radical (unpaired) electrons. The van der Waals surface area contributed by atoms with Crippen LogP contribution in [0.2, 0.25) is 5.02 Å². The summed E-state index contributed by atoms with van der Waals surface area (Å²) in [7, 11) is 1.24. The average Bonchev–Trinajstić information content (AvgIpc) is 3.44. The molecule has 0 bridgehead atoms. The first-order chi connectivity index (χ1) is 15.7. The van der Waals surface area contributed by atoms with E-state index in [2.05, 4.69) is 14.6 Å². The second-order valence-corrected chi connectivity index (χ2v) is 8.09. The first-order valence-corrected chi connectivity index (χ1v) is 10.5. The summed E-state index contributed by atoms with van der Waals surface area (Å²) in [5.41, 5.74) is 4.71. The van der Waals surface area contributed by atoms with Crippen molar-refractivity contribution in [1.29, 1.82) is 0 Å². The minimum absolute atomic E-state index is 0.000863. The molecule has 4 rings (SSSR count). The molecule has 1 aliphatic heterocycles. The van der Waals surface area contributed by atoms with Crippen LogP contribution in [-0.4, -0.2) is 34.5 Å². The van der Waals surface area contributed by atoms with Crippen LogP contribution in [0.1, 0.15) is 38.8 Å². The third kappa shape index (κ3) is 4.05. The lowest BCUT2D eigenvalue weighted by Gasteiger charge is -2.13. The Morgan fingerprint density at radius 2 is 1.94 bits per heavy atom. The van der Waals surface area contributed by atoms with Gasteiger partial charge in [-0.1, -0.05) is 17.7 Å². The maximum atomic E-state index is 12.9. The number of carbonyl (C=O) groups is 3. The van der Waals surface area contributed by atoms with Gasteiger partial charge in [0, 0.05) is 22.1 Å². The number of methoxy groups -OCH3 is 1. The Bertz CT molecular complexity index is 1320. The van der Waals surface area contributed by atoms with Crippen molar-refractivity contribution in [1.82, 2.24) is 14.8 Å².